The lowest BCUT2D eigenvalue weighted by Crippen LogP contribution is -2.29. The minimum Gasteiger partial charge on any atom is -0.507 e. The second-order valence-electron chi connectivity index (χ2n) is 7.75. The molecule has 35 heavy (non-hydrogen) atoms. The molecule has 0 bridgehead atoms. The fraction of sp³-hybridized carbons (Fsp3) is 0.115. The van der Waals surface area contributed by atoms with E-state index in [1.165, 1.54) is 23.3 Å². The normalized spacial score (nSPS) is 17.2. The van der Waals surface area contributed by atoms with Gasteiger partial charge in [0, 0.05) is 16.1 Å². The first-order valence-electron chi connectivity index (χ1n) is 10.6. The minimum atomic E-state index is -0.954. The smallest absolute Gasteiger partial charge is 0.301 e. The number of hydrogen-bond acceptors (Lipinski definition) is 7. The molecule has 1 atom stereocenters. The van der Waals surface area contributed by atoms with E-state index in [-0.39, 0.29) is 11.3 Å². The number of amides is 1. The summed E-state index contributed by atoms with van der Waals surface area (Å²) >= 11 is 7.25. The third-order valence-electron chi connectivity index (χ3n) is 5.79. The van der Waals surface area contributed by atoms with Crippen molar-refractivity contribution in [3.05, 3.63) is 88.5 Å². The molecule has 1 aliphatic rings. The summed E-state index contributed by atoms with van der Waals surface area (Å²) < 4.78 is 11.6. The van der Waals surface area contributed by atoms with E-state index in [0.29, 0.717) is 38.3 Å². The van der Waals surface area contributed by atoms with Crippen LogP contribution in [0.3, 0.4) is 0 Å². The molecule has 4 aromatic rings. The van der Waals surface area contributed by atoms with Crippen LogP contribution in [-0.4, -0.2) is 36.0 Å². The molecule has 7 nitrogen and oxygen atoms in total. The van der Waals surface area contributed by atoms with Crippen molar-refractivity contribution in [3.8, 4) is 11.5 Å². The fourth-order valence-electron chi connectivity index (χ4n) is 4.10. The zero-order chi connectivity index (χ0) is 24.7. The first-order chi connectivity index (χ1) is 16.9. The van der Waals surface area contributed by atoms with Crippen molar-refractivity contribution in [2.45, 2.75) is 6.04 Å². The van der Waals surface area contributed by atoms with Gasteiger partial charge in [-0.2, -0.15) is 0 Å². The standard InChI is InChI=1S/C26H19ClN2O5S/c1-33-16-11-12-18-20(13-16)35-26(28-18)29-22(17-5-3-4-6-19(17)34-2)21(24(31)25(29)32)23(30)14-7-9-15(27)10-8-14/h3-13,22,30H,1-2H3. The largest absolute Gasteiger partial charge is 0.507 e. The third kappa shape index (κ3) is 3.90. The molecule has 1 unspecified atom stereocenters. The second kappa shape index (κ2) is 9.05. The fourth-order valence-corrected chi connectivity index (χ4v) is 5.25. The highest BCUT2D eigenvalue weighted by Crippen LogP contribution is 2.46. The Balaban J connectivity index is 1.74. The molecule has 9 heteroatoms. The van der Waals surface area contributed by atoms with Crippen LogP contribution < -0.4 is 14.4 Å². The highest BCUT2D eigenvalue weighted by Gasteiger charge is 2.49. The van der Waals surface area contributed by atoms with E-state index >= 15 is 0 Å². The average Bonchev–Trinajstić information content (AvgIpc) is 3.41. The summed E-state index contributed by atoms with van der Waals surface area (Å²) in [5.74, 6) is -0.790. The monoisotopic (exact) mass is 506 g/mol. The van der Waals surface area contributed by atoms with Crippen molar-refractivity contribution < 1.29 is 24.2 Å². The van der Waals surface area contributed by atoms with Crippen LogP contribution in [0.2, 0.25) is 5.02 Å². The molecule has 3 aromatic carbocycles. The third-order valence-corrected chi connectivity index (χ3v) is 7.06. The van der Waals surface area contributed by atoms with Gasteiger partial charge in [0.15, 0.2) is 5.13 Å². The quantitative estimate of drug-likeness (QED) is 0.215. The Hall–Kier alpha value is -3.88. The van der Waals surface area contributed by atoms with Crippen molar-refractivity contribution in [1.29, 1.82) is 0 Å². The minimum absolute atomic E-state index is 0.0568. The van der Waals surface area contributed by atoms with Crippen LogP contribution in [0.4, 0.5) is 5.13 Å². The van der Waals surface area contributed by atoms with Crippen LogP contribution >= 0.6 is 22.9 Å². The summed E-state index contributed by atoms with van der Waals surface area (Å²) in [5.41, 5.74) is 1.51. The van der Waals surface area contributed by atoms with Gasteiger partial charge in [-0.05, 0) is 48.5 Å². The Morgan fingerprint density at radius 2 is 1.77 bits per heavy atom. The number of aliphatic hydroxyl groups is 1. The lowest BCUT2D eigenvalue weighted by molar-refractivity contribution is -0.132. The maximum Gasteiger partial charge on any atom is 0.301 e. The van der Waals surface area contributed by atoms with Gasteiger partial charge in [-0.15, -0.1) is 0 Å². The zero-order valence-corrected chi connectivity index (χ0v) is 20.3. The van der Waals surface area contributed by atoms with Crippen molar-refractivity contribution in [2.75, 3.05) is 19.1 Å². The van der Waals surface area contributed by atoms with Crippen molar-refractivity contribution in [3.63, 3.8) is 0 Å². The van der Waals surface area contributed by atoms with Gasteiger partial charge in [-0.25, -0.2) is 4.98 Å². The summed E-state index contributed by atoms with van der Waals surface area (Å²) in [6.07, 6.45) is 0. The number of hydrogen-bond donors (Lipinski definition) is 1. The van der Waals surface area contributed by atoms with Gasteiger partial charge in [-0.1, -0.05) is 41.1 Å². The van der Waals surface area contributed by atoms with Gasteiger partial charge < -0.3 is 14.6 Å². The van der Waals surface area contributed by atoms with Gasteiger partial charge in [0.25, 0.3) is 5.78 Å². The number of nitrogens with zero attached hydrogens (tertiary/aromatic N) is 2. The van der Waals surface area contributed by atoms with Crippen LogP contribution in [0.15, 0.2) is 72.3 Å². The van der Waals surface area contributed by atoms with Crippen molar-refractivity contribution in [2.24, 2.45) is 0 Å². The summed E-state index contributed by atoms with van der Waals surface area (Å²) in [6.45, 7) is 0. The van der Waals surface area contributed by atoms with Gasteiger partial charge in [0.05, 0.1) is 30.0 Å². The Kier molecular flexibility index (Phi) is 5.92. The number of aromatic nitrogens is 1. The Morgan fingerprint density at radius 1 is 1.03 bits per heavy atom. The van der Waals surface area contributed by atoms with E-state index in [9.17, 15) is 14.7 Å². The molecule has 0 saturated carbocycles. The van der Waals surface area contributed by atoms with Gasteiger partial charge in [0.1, 0.15) is 23.3 Å². The molecule has 2 heterocycles. The van der Waals surface area contributed by atoms with E-state index in [1.54, 1.807) is 67.8 Å². The van der Waals surface area contributed by atoms with Gasteiger partial charge >= 0.3 is 5.91 Å². The second-order valence-corrected chi connectivity index (χ2v) is 9.19. The SMILES string of the molecule is COc1ccc2nc(N3C(=O)C(=O)C(=C(O)c4ccc(Cl)cc4)C3c3ccccc3OC)sc2c1. The lowest BCUT2D eigenvalue weighted by Gasteiger charge is -2.24. The van der Waals surface area contributed by atoms with Gasteiger partial charge in [-0.3, -0.25) is 14.5 Å². The van der Waals surface area contributed by atoms with Gasteiger partial charge in [0.2, 0.25) is 0 Å². The predicted molar refractivity (Wildman–Crippen MR) is 135 cm³/mol. The van der Waals surface area contributed by atoms with Crippen molar-refractivity contribution in [1.82, 2.24) is 4.98 Å². The summed E-state index contributed by atoms with van der Waals surface area (Å²) in [4.78, 5) is 32.7. The number of aliphatic hydroxyl groups excluding tert-OH is 1. The summed E-state index contributed by atoms with van der Waals surface area (Å²) in [6, 6.07) is 17.9. The van der Waals surface area contributed by atoms with E-state index in [2.05, 4.69) is 4.98 Å². The molecular formula is C26H19ClN2O5S. The topological polar surface area (TPSA) is 89.0 Å². The highest BCUT2D eigenvalue weighted by molar-refractivity contribution is 7.22. The zero-order valence-electron chi connectivity index (χ0n) is 18.7. The first kappa shape index (κ1) is 22.9. The average molecular weight is 507 g/mol. The number of para-hydroxylation sites is 1. The van der Waals surface area contributed by atoms with E-state index in [4.69, 9.17) is 21.1 Å². The predicted octanol–water partition coefficient (Wildman–Crippen LogP) is 5.59. The molecular weight excluding hydrogens is 488 g/mol. The summed E-state index contributed by atoms with van der Waals surface area (Å²) in [7, 11) is 3.08. The van der Waals surface area contributed by atoms with Crippen molar-refractivity contribution >= 4 is 55.7 Å². The number of rotatable bonds is 5. The molecule has 1 saturated heterocycles. The van der Waals surface area contributed by atoms with Crippen LogP contribution in [0.25, 0.3) is 16.0 Å². The Morgan fingerprint density at radius 3 is 2.49 bits per heavy atom. The molecule has 0 radical (unpaired) electrons. The molecule has 176 valence electrons. The number of carbonyl (C=O) groups excluding carboxylic acids is 2. The number of ketones is 1. The number of fused-ring (bicyclic) bond motifs is 1. The molecule has 1 amide bonds. The highest BCUT2D eigenvalue weighted by atomic mass is 35.5. The molecule has 0 aliphatic carbocycles. The number of Topliss-reactive ketones (excluding diaryl/α,β-unsaturated/α-hetero) is 1. The van der Waals surface area contributed by atoms with E-state index in [0.717, 1.165) is 4.70 Å². The number of thiazole rings is 1. The Labute approximate surface area is 209 Å². The number of methoxy groups -OCH3 is 2. The van der Waals surface area contributed by atoms with Crippen LogP contribution in [0.5, 0.6) is 11.5 Å². The van der Waals surface area contributed by atoms with Crippen LogP contribution in [0, 0.1) is 0 Å². The molecule has 0 spiro atoms. The number of benzene rings is 3. The Bertz CT molecular complexity index is 1500. The molecule has 1 N–H and O–H groups in total. The molecule has 5 rings (SSSR count). The van der Waals surface area contributed by atoms with Crippen LogP contribution in [0.1, 0.15) is 17.2 Å². The summed E-state index contributed by atoms with van der Waals surface area (Å²) in [5, 5.41) is 12.0. The van der Waals surface area contributed by atoms with E-state index < -0.39 is 17.7 Å². The number of ether oxygens (including phenoxy) is 2. The molecule has 1 fully saturated rings. The van der Waals surface area contributed by atoms with E-state index in [1.807, 2.05) is 6.07 Å². The maximum absolute atomic E-state index is 13.4. The van der Waals surface area contributed by atoms with Crippen LogP contribution in [-0.2, 0) is 9.59 Å². The lowest BCUT2D eigenvalue weighted by atomic mass is 9.95. The molecule has 1 aliphatic heterocycles. The number of halogens is 1. The maximum atomic E-state index is 13.4. The first-order valence-corrected chi connectivity index (χ1v) is 11.8. The molecule has 1 aromatic heterocycles. The number of anilines is 1. The number of carbonyl (C=O) groups is 2.